The Morgan fingerprint density at radius 3 is 2.52 bits per heavy atom. The van der Waals surface area contributed by atoms with Crippen LogP contribution in [0.1, 0.15) is 51.7 Å². The van der Waals surface area contributed by atoms with Crippen molar-refractivity contribution in [2.45, 2.75) is 59.2 Å². The number of benzene rings is 1. The molecule has 0 heterocycles. The Bertz CT molecular complexity index is 424. The molecule has 0 spiro atoms. The van der Waals surface area contributed by atoms with E-state index in [-0.39, 0.29) is 5.54 Å². The molecule has 120 valence electrons. The molecule has 3 nitrogen and oxygen atoms in total. The van der Waals surface area contributed by atoms with E-state index < -0.39 is 0 Å². The summed E-state index contributed by atoms with van der Waals surface area (Å²) < 4.78 is 5.50. The summed E-state index contributed by atoms with van der Waals surface area (Å²) in [6.07, 6.45) is 2.47. The van der Waals surface area contributed by atoms with Crippen molar-refractivity contribution >= 4 is 0 Å². The van der Waals surface area contributed by atoms with Gasteiger partial charge in [-0.15, -0.1) is 0 Å². The van der Waals surface area contributed by atoms with Crippen LogP contribution < -0.4 is 10.1 Å². The van der Waals surface area contributed by atoms with Gasteiger partial charge in [-0.3, -0.25) is 0 Å². The van der Waals surface area contributed by atoms with Crippen molar-refractivity contribution in [3.05, 3.63) is 29.3 Å². The molecule has 3 heteroatoms. The molecule has 0 bridgehead atoms. The molecule has 0 unspecified atom stereocenters. The molecule has 0 aliphatic rings. The zero-order chi connectivity index (χ0) is 15.9. The summed E-state index contributed by atoms with van der Waals surface area (Å²) in [4.78, 5) is 2.36. The van der Waals surface area contributed by atoms with E-state index in [9.17, 15) is 0 Å². The third kappa shape index (κ3) is 6.96. The lowest BCUT2D eigenvalue weighted by Gasteiger charge is -2.22. The predicted octanol–water partition coefficient (Wildman–Crippen LogP) is 3.82. The van der Waals surface area contributed by atoms with Crippen LogP contribution in [0, 0.1) is 0 Å². The van der Waals surface area contributed by atoms with Crippen LogP contribution in [0.5, 0.6) is 5.75 Å². The number of unbranched alkanes of at least 4 members (excludes halogenated alkanes) is 1. The molecule has 1 aromatic carbocycles. The van der Waals surface area contributed by atoms with Gasteiger partial charge in [0.05, 0.1) is 7.11 Å². The molecule has 0 saturated heterocycles. The van der Waals surface area contributed by atoms with Crippen LogP contribution in [0.3, 0.4) is 0 Å². The maximum absolute atomic E-state index is 5.50. The first kappa shape index (κ1) is 18.0. The Labute approximate surface area is 130 Å². The van der Waals surface area contributed by atoms with Crippen LogP contribution in [0.2, 0.25) is 0 Å². The Balaban J connectivity index is 2.75. The summed E-state index contributed by atoms with van der Waals surface area (Å²) in [7, 11) is 3.92. The summed E-state index contributed by atoms with van der Waals surface area (Å²) in [6.45, 7) is 11.8. The minimum absolute atomic E-state index is 0.137. The first-order valence-electron chi connectivity index (χ1n) is 7.95. The number of nitrogens with one attached hydrogen (secondary N) is 1. The molecule has 1 N–H and O–H groups in total. The topological polar surface area (TPSA) is 24.5 Å². The van der Waals surface area contributed by atoms with E-state index in [1.165, 1.54) is 24.0 Å². The van der Waals surface area contributed by atoms with Crippen molar-refractivity contribution in [2.75, 3.05) is 20.7 Å². The predicted molar refractivity (Wildman–Crippen MR) is 90.8 cm³/mol. The van der Waals surface area contributed by atoms with Gasteiger partial charge in [0.25, 0.3) is 0 Å². The second kappa shape index (κ2) is 8.40. The highest BCUT2D eigenvalue weighted by atomic mass is 16.5. The fourth-order valence-electron chi connectivity index (χ4n) is 2.23. The molecule has 21 heavy (non-hydrogen) atoms. The smallest absolute Gasteiger partial charge is 0.123 e. The molecule has 0 atom stereocenters. The molecule has 0 radical (unpaired) electrons. The Morgan fingerprint density at radius 2 is 1.95 bits per heavy atom. The van der Waals surface area contributed by atoms with Gasteiger partial charge in [-0.05, 0) is 58.5 Å². The SMILES string of the molecule is CCCCN(C)Cc1cc(CNC(C)(C)C)ccc1OC. The fourth-order valence-corrected chi connectivity index (χ4v) is 2.23. The highest BCUT2D eigenvalue weighted by molar-refractivity contribution is 5.37. The molecule has 0 saturated carbocycles. The van der Waals surface area contributed by atoms with Gasteiger partial charge in [-0.2, -0.15) is 0 Å². The van der Waals surface area contributed by atoms with Gasteiger partial charge >= 0.3 is 0 Å². The molecular weight excluding hydrogens is 260 g/mol. The van der Waals surface area contributed by atoms with Crippen LogP contribution in [0.4, 0.5) is 0 Å². The maximum atomic E-state index is 5.50. The van der Waals surface area contributed by atoms with E-state index >= 15 is 0 Å². The van der Waals surface area contributed by atoms with E-state index in [0.29, 0.717) is 0 Å². The van der Waals surface area contributed by atoms with Crippen molar-refractivity contribution in [2.24, 2.45) is 0 Å². The molecule has 1 aromatic rings. The normalized spacial score (nSPS) is 12.0. The second-order valence-electron chi connectivity index (χ2n) is 6.84. The largest absolute Gasteiger partial charge is 0.496 e. The maximum Gasteiger partial charge on any atom is 0.123 e. The third-order valence-electron chi connectivity index (χ3n) is 3.50. The monoisotopic (exact) mass is 292 g/mol. The molecule has 0 aliphatic carbocycles. The number of hydrogen-bond acceptors (Lipinski definition) is 3. The second-order valence-corrected chi connectivity index (χ2v) is 6.84. The van der Waals surface area contributed by atoms with E-state index in [2.05, 4.69) is 63.2 Å². The van der Waals surface area contributed by atoms with Crippen LogP contribution in [0.25, 0.3) is 0 Å². The first-order valence-corrected chi connectivity index (χ1v) is 7.95. The van der Waals surface area contributed by atoms with Crippen LogP contribution in [0.15, 0.2) is 18.2 Å². The van der Waals surface area contributed by atoms with Crippen molar-refractivity contribution in [1.29, 1.82) is 0 Å². The fraction of sp³-hybridized carbons (Fsp3) is 0.667. The summed E-state index contributed by atoms with van der Waals surface area (Å²) in [5.41, 5.74) is 2.71. The van der Waals surface area contributed by atoms with Gasteiger partial charge in [-0.25, -0.2) is 0 Å². The lowest BCUT2D eigenvalue weighted by molar-refractivity contribution is 0.312. The zero-order valence-corrected chi connectivity index (χ0v) is 14.6. The van der Waals surface area contributed by atoms with Crippen molar-refractivity contribution in [3.8, 4) is 5.75 Å². The minimum Gasteiger partial charge on any atom is -0.496 e. The average molecular weight is 292 g/mol. The first-order chi connectivity index (χ1) is 9.85. The van der Waals surface area contributed by atoms with Gasteiger partial charge in [0.15, 0.2) is 0 Å². The van der Waals surface area contributed by atoms with Crippen LogP contribution in [-0.2, 0) is 13.1 Å². The zero-order valence-electron chi connectivity index (χ0n) is 14.6. The lowest BCUT2D eigenvalue weighted by Crippen LogP contribution is -2.35. The summed E-state index contributed by atoms with van der Waals surface area (Å²) in [5.74, 6) is 0.984. The van der Waals surface area contributed by atoms with Gasteiger partial charge in [0, 0.05) is 24.2 Å². The van der Waals surface area contributed by atoms with Gasteiger partial charge in [0.2, 0.25) is 0 Å². The summed E-state index contributed by atoms with van der Waals surface area (Å²) in [6, 6.07) is 6.50. The highest BCUT2D eigenvalue weighted by Gasteiger charge is 2.11. The molecular formula is C18H32N2O. The third-order valence-corrected chi connectivity index (χ3v) is 3.50. The van der Waals surface area contributed by atoms with Gasteiger partial charge < -0.3 is 15.0 Å². The standard InChI is InChI=1S/C18H32N2O/c1-7-8-11-20(5)14-16-12-15(9-10-17(16)21-6)13-19-18(2,3)4/h9-10,12,19H,7-8,11,13-14H2,1-6H3. The minimum atomic E-state index is 0.137. The molecule has 0 fully saturated rings. The molecule has 0 amide bonds. The van der Waals surface area contributed by atoms with E-state index in [4.69, 9.17) is 4.74 Å². The average Bonchev–Trinajstić information content (AvgIpc) is 2.42. The Kier molecular flexibility index (Phi) is 7.20. The number of methoxy groups -OCH3 is 1. The Hall–Kier alpha value is -1.06. The van der Waals surface area contributed by atoms with E-state index in [1.54, 1.807) is 7.11 Å². The number of rotatable bonds is 8. The quantitative estimate of drug-likeness (QED) is 0.788. The van der Waals surface area contributed by atoms with Crippen molar-refractivity contribution in [1.82, 2.24) is 10.2 Å². The molecule has 0 aliphatic heterocycles. The molecule has 0 aromatic heterocycles. The molecule has 1 rings (SSSR count). The number of hydrogen-bond donors (Lipinski definition) is 1. The Morgan fingerprint density at radius 1 is 1.24 bits per heavy atom. The van der Waals surface area contributed by atoms with Crippen molar-refractivity contribution < 1.29 is 4.74 Å². The van der Waals surface area contributed by atoms with E-state index in [0.717, 1.165) is 25.4 Å². The van der Waals surface area contributed by atoms with E-state index in [1.807, 2.05) is 0 Å². The lowest BCUT2D eigenvalue weighted by atomic mass is 10.1. The van der Waals surface area contributed by atoms with Gasteiger partial charge in [-0.1, -0.05) is 19.4 Å². The number of nitrogens with zero attached hydrogens (tertiary/aromatic N) is 1. The van der Waals surface area contributed by atoms with Crippen LogP contribution >= 0.6 is 0 Å². The summed E-state index contributed by atoms with van der Waals surface area (Å²) >= 11 is 0. The van der Waals surface area contributed by atoms with Crippen molar-refractivity contribution in [3.63, 3.8) is 0 Å². The van der Waals surface area contributed by atoms with Gasteiger partial charge in [0.1, 0.15) is 5.75 Å². The number of ether oxygens (including phenoxy) is 1. The van der Waals surface area contributed by atoms with Crippen LogP contribution in [-0.4, -0.2) is 31.1 Å². The summed E-state index contributed by atoms with van der Waals surface area (Å²) in [5, 5.41) is 3.54. The highest BCUT2D eigenvalue weighted by Crippen LogP contribution is 2.22.